The molecule has 2 aliphatic rings. The van der Waals surface area contributed by atoms with E-state index in [9.17, 15) is 0 Å². The molecule has 2 nitrogen and oxygen atoms in total. The molecule has 2 rings (SSSR count). The summed E-state index contributed by atoms with van der Waals surface area (Å²) in [6, 6.07) is 0.661. The van der Waals surface area contributed by atoms with Crippen LogP contribution in [-0.2, 0) is 0 Å². The fourth-order valence-corrected chi connectivity index (χ4v) is 4.24. The van der Waals surface area contributed by atoms with Crippen molar-refractivity contribution in [3.05, 3.63) is 0 Å². The lowest BCUT2D eigenvalue weighted by atomic mass is 9.95. The number of hydrogen-bond donors (Lipinski definition) is 1. The van der Waals surface area contributed by atoms with Crippen molar-refractivity contribution in [3.8, 4) is 0 Å². The maximum atomic E-state index is 4.69. The van der Waals surface area contributed by atoms with Gasteiger partial charge in [0.1, 0.15) is 0 Å². The summed E-state index contributed by atoms with van der Waals surface area (Å²) < 4.78 is 0. The second-order valence-electron chi connectivity index (χ2n) is 5.94. The first kappa shape index (κ1) is 13.6. The number of hydrogen-bond acceptors (Lipinski definition) is 4. The van der Waals surface area contributed by atoms with Crippen LogP contribution in [0.1, 0.15) is 39.5 Å². The van der Waals surface area contributed by atoms with Crippen molar-refractivity contribution in [2.75, 3.05) is 18.6 Å². The summed E-state index contributed by atoms with van der Waals surface area (Å²) in [6.45, 7) is 5.57. The van der Waals surface area contributed by atoms with Gasteiger partial charge < -0.3 is 5.32 Å². The first-order valence-corrected chi connectivity index (χ1v) is 8.83. The molecule has 1 N–H and O–H groups in total. The predicted molar refractivity (Wildman–Crippen MR) is 81.2 cm³/mol. The molecular weight excluding hydrogens is 248 g/mol. The van der Waals surface area contributed by atoms with E-state index >= 15 is 0 Å². The number of nitrogens with one attached hydrogen (secondary N) is 1. The summed E-state index contributed by atoms with van der Waals surface area (Å²) in [5.41, 5.74) is 0.379. The van der Waals surface area contributed by atoms with E-state index in [1.54, 1.807) is 0 Å². The van der Waals surface area contributed by atoms with Crippen LogP contribution >= 0.6 is 23.5 Å². The molecule has 1 heterocycles. The minimum atomic E-state index is 0.379. The second-order valence-corrected chi connectivity index (χ2v) is 8.04. The Kier molecular flexibility index (Phi) is 4.70. The molecule has 1 fully saturated rings. The van der Waals surface area contributed by atoms with E-state index in [2.05, 4.69) is 30.4 Å². The zero-order valence-electron chi connectivity index (χ0n) is 11.2. The van der Waals surface area contributed by atoms with Crippen molar-refractivity contribution >= 4 is 28.7 Å². The molecule has 1 aliphatic carbocycles. The first-order valence-electron chi connectivity index (χ1n) is 6.56. The number of nitrogens with zero attached hydrogens (tertiary/aromatic N) is 1. The van der Waals surface area contributed by atoms with Crippen LogP contribution in [0.15, 0.2) is 4.99 Å². The van der Waals surface area contributed by atoms with Crippen LogP contribution < -0.4 is 5.32 Å². The molecule has 0 radical (unpaired) electrons. The highest BCUT2D eigenvalue weighted by Gasteiger charge is 2.26. The molecule has 2 atom stereocenters. The van der Waals surface area contributed by atoms with Gasteiger partial charge in [-0.15, -0.1) is 0 Å². The molecule has 0 bridgehead atoms. The fraction of sp³-hybridized carbons (Fsp3) is 0.923. The number of thioether (sulfide) groups is 2. The zero-order chi connectivity index (χ0) is 12.3. The Morgan fingerprint density at radius 3 is 2.88 bits per heavy atom. The monoisotopic (exact) mass is 272 g/mol. The molecule has 1 saturated carbocycles. The van der Waals surface area contributed by atoms with Crippen LogP contribution in [0.3, 0.4) is 0 Å². The molecule has 0 aromatic heterocycles. The van der Waals surface area contributed by atoms with Crippen molar-refractivity contribution in [1.82, 2.24) is 5.32 Å². The van der Waals surface area contributed by atoms with Gasteiger partial charge in [-0.1, -0.05) is 32.0 Å². The lowest BCUT2D eigenvalue weighted by Crippen LogP contribution is -2.40. The van der Waals surface area contributed by atoms with Crippen LogP contribution in [0.2, 0.25) is 0 Å². The van der Waals surface area contributed by atoms with Gasteiger partial charge in [-0.05, 0) is 30.9 Å². The summed E-state index contributed by atoms with van der Waals surface area (Å²) >= 11 is 3.93. The first-order chi connectivity index (χ1) is 8.09. The van der Waals surface area contributed by atoms with Crippen molar-refractivity contribution in [1.29, 1.82) is 0 Å². The summed E-state index contributed by atoms with van der Waals surface area (Å²) in [4.78, 5) is 4.69. The Bertz CT molecular complexity index is 289. The van der Waals surface area contributed by atoms with Crippen LogP contribution in [0.5, 0.6) is 0 Å². The second kappa shape index (κ2) is 5.87. The molecule has 0 saturated heterocycles. The van der Waals surface area contributed by atoms with Gasteiger partial charge in [0.25, 0.3) is 0 Å². The molecule has 17 heavy (non-hydrogen) atoms. The van der Waals surface area contributed by atoms with E-state index in [0.717, 1.165) is 11.8 Å². The number of amidine groups is 1. The quantitative estimate of drug-likeness (QED) is 0.834. The fourth-order valence-electron chi connectivity index (χ4n) is 2.39. The Balaban J connectivity index is 1.83. The van der Waals surface area contributed by atoms with Gasteiger partial charge in [-0.2, -0.15) is 11.8 Å². The van der Waals surface area contributed by atoms with Crippen molar-refractivity contribution in [2.45, 2.75) is 50.8 Å². The standard InChI is InChI=1S/C13H24N2S2/c1-13(2)8-14-12(17-9-13)15-10-5-4-6-11(7-10)16-3/h10-11H,4-9H2,1-3H3,(H,14,15). The molecule has 0 spiro atoms. The number of aliphatic imine (C=N–C) groups is 1. The SMILES string of the molecule is CSC1CCCC(NC2=NCC(C)(C)CS2)C1. The van der Waals surface area contributed by atoms with Gasteiger partial charge >= 0.3 is 0 Å². The molecular formula is C13H24N2S2. The van der Waals surface area contributed by atoms with E-state index in [-0.39, 0.29) is 0 Å². The van der Waals surface area contributed by atoms with E-state index in [1.807, 2.05) is 23.5 Å². The largest absolute Gasteiger partial charge is 0.362 e. The average molecular weight is 272 g/mol. The van der Waals surface area contributed by atoms with E-state index in [0.29, 0.717) is 11.5 Å². The van der Waals surface area contributed by atoms with E-state index in [4.69, 9.17) is 0 Å². The smallest absolute Gasteiger partial charge is 0.156 e. The van der Waals surface area contributed by atoms with Gasteiger partial charge in [0.05, 0.1) is 0 Å². The van der Waals surface area contributed by atoms with E-state index < -0.39 is 0 Å². The Morgan fingerprint density at radius 2 is 2.24 bits per heavy atom. The third kappa shape index (κ3) is 4.09. The van der Waals surface area contributed by atoms with Crippen LogP contribution in [-0.4, -0.2) is 35.0 Å². The highest BCUT2D eigenvalue weighted by atomic mass is 32.2. The predicted octanol–water partition coefficient (Wildman–Crippen LogP) is 3.38. The van der Waals surface area contributed by atoms with Crippen LogP contribution in [0.25, 0.3) is 0 Å². The van der Waals surface area contributed by atoms with Crippen molar-refractivity contribution in [2.24, 2.45) is 10.4 Å². The molecule has 0 aromatic carbocycles. The molecule has 0 aromatic rings. The van der Waals surface area contributed by atoms with Crippen molar-refractivity contribution in [3.63, 3.8) is 0 Å². The molecule has 4 heteroatoms. The van der Waals surface area contributed by atoms with E-state index in [1.165, 1.54) is 36.6 Å². The summed E-state index contributed by atoms with van der Waals surface area (Å²) in [6.07, 6.45) is 7.63. The average Bonchev–Trinajstić information content (AvgIpc) is 2.32. The van der Waals surface area contributed by atoms with Gasteiger partial charge in [-0.25, -0.2) is 0 Å². The minimum Gasteiger partial charge on any atom is -0.362 e. The minimum absolute atomic E-state index is 0.379. The Labute approximate surface area is 114 Å². The normalized spacial score (nSPS) is 33.0. The third-order valence-electron chi connectivity index (χ3n) is 3.54. The highest BCUT2D eigenvalue weighted by molar-refractivity contribution is 8.13. The lowest BCUT2D eigenvalue weighted by Gasteiger charge is -2.32. The number of rotatable bonds is 2. The summed E-state index contributed by atoms with van der Waals surface area (Å²) in [5, 5.41) is 5.70. The molecule has 2 unspecified atom stereocenters. The topological polar surface area (TPSA) is 24.4 Å². The summed E-state index contributed by atoms with van der Waals surface area (Å²) in [5.74, 6) is 1.19. The maximum absolute atomic E-state index is 4.69. The van der Waals surface area contributed by atoms with Gasteiger partial charge in [0.2, 0.25) is 0 Å². The zero-order valence-corrected chi connectivity index (χ0v) is 12.8. The van der Waals surface area contributed by atoms with Gasteiger partial charge in [-0.3, -0.25) is 4.99 Å². The lowest BCUT2D eigenvalue weighted by molar-refractivity contribution is 0.416. The van der Waals surface area contributed by atoms with Gasteiger partial charge in [0.15, 0.2) is 5.17 Å². The van der Waals surface area contributed by atoms with Crippen molar-refractivity contribution < 1.29 is 0 Å². The molecule has 98 valence electrons. The molecule has 0 amide bonds. The maximum Gasteiger partial charge on any atom is 0.156 e. The highest BCUT2D eigenvalue weighted by Crippen LogP contribution is 2.30. The molecule has 1 aliphatic heterocycles. The van der Waals surface area contributed by atoms with Crippen LogP contribution in [0, 0.1) is 5.41 Å². The summed E-state index contributed by atoms with van der Waals surface area (Å²) in [7, 11) is 0. The van der Waals surface area contributed by atoms with Crippen LogP contribution in [0.4, 0.5) is 0 Å². The Hall–Kier alpha value is 0.170. The van der Waals surface area contributed by atoms with Gasteiger partial charge in [0, 0.05) is 23.6 Å². The Morgan fingerprint density at radius 1 is 1.41 bits per heavy atom. The third-order valence-corrected chi connectivity index (χ3v) is 6.08.